The van der Waals surface area contributed by atoms with E-state index in [4.69, 9.17) is 0 Å². The van der Waals surface area contributed by atoms with Gasteiger partial charge in [0, 0.05) is 37.7 Å². The number of nitrogens with zero attached hydrogens (tertiary/aromatic N) is 2. The number of nitrogens with one attached hydrogen (secondary N) is 2. The summed E-state index contributed by atoms with van der Waals surface area (Å²) >= 11 is 0. The normalized spacial score (nSPS) is 22.7. The zero-order valence-electron chi connectivity index (χ0n) is 13.1. The van der Waals surface area contributed by atoms with Crippen molar-refractivity contribution < 1.29 is 4.79 Å². The van der Waals surface area contributed by atoms with Crippen LogP contribution in [-0.4, -0.2) is 43.1 Å². The first-order valence-electron chi connectivity index (χ1n) is 8.49. The Morgan fingerprint density at radius 1 is 1.27 bits per heavy atom. The summed E-state index contributed by atoms with van der Waals surface area (Å²) in [7, 11) is 0. The van der Waals surface area contributed by atoms with Gasteiger partial charge >= 0.3 is 0 Å². The molecule has 2 saturated heterocycles. The molecule has 22 heavy (non-hydrogen) atoms. The maximum Gasteiger partial charge on any atom is 0.237 e. The van der Waals surface area contributed by atoms with Gasteiger partial charge in [-0.2, -0.15) is 0 Å². The Morgan fingerprint density at radius 3 is 2.73 bits per heavy atom. The summed E-state index contributed by atoms with van der Waals surface area (Å²) in [5.41, 5.74) is 1.27. The van der Waals surface area contributed by atoms with Crippen molar-refractivity contribution in [1.29, 1.82) is 0 Å². The monoisotopic (exact) mass is 302 g/mol. The van der Waals surface area contributed by atoms with Crippen LogP contribution in [0.15, 0.2) is 24.5 Å². The minimum atomic E-state index is 0.0496. The second kappa shape index (κ2) is 7.58. The summed E-state index contributed by atoms with van der Waals surface area (Å²) < 4.78 is 0. The minimum absolute atomic E-state index is 0.0496. The van der Waals surface area contributed by atoms with Gasteiger partial charge in [0.1, 0.15) is 0 Å². The molecule has 1 aromatic heterocycles. The molecule has 2 N–H and O–H groups in total. The minimum Gasteiger partial charge on any atom is -0.371 e. The topological polar surface area (TPSA) is 57.3 Å². The number of carbonyl (C=O) groups is 1. The number of hydrogen-bond acceptors (Lipinski definition) is 4. The van der Waals surface area contributed by atoms with E-state index < -0.39 is 0 Å². The number of anilines is 1. The van der Waals surface area contributed by atoms with Crippen molar-refractivity contribution in [1.82, 2.24) is 15.6 Å². The van der Waals surface area contributed by atoms with Gasteiger partial charge in [-0.1, -0.05) is 0 Å². The third-order valence-corrected chi connectivity index (χ3v) is 4.87. The average molecular weight is 302 g/mol. The van der Waals surface area contributed by atoms with Gasteiger partial charge < -0.3 is 15.5 Å². The first-order chi connectivity index (χ1) is 10.8. The lowest BCUT2D eigenvalue weighted by molar-refractivity contribution is -0.122. The smallest absolute Gasteiger partial charge is 0.237 e. The Balaban J connectivity index is 1.35. The number of amides is 1. The van der Waals surface area contributed by atoms with Crippen LogP contribution in [0.5, 0.6) is 0 Å². The highest BCUT2D eigenvalue weighted by molar-refractivity contribution is 5.81. The molecule has 0 aliphatic carbocycles. The van der Waals surface area contributed by atoms with Crippen molar-refractivity contribution in [3.05, 3.63) is 24.5 Å². The summed E-state index contributed by atoms with van der Waals surface area (Å²) in [5, 5.41) is 6.34. The van der Waals surface area contributed by atoms with Crippen LogP contribution in [0.4, 0.5) is 5.69 Å². The first kappa shape index (κ1) is 15.3. The fourth-order valence-electron chi connectivity index (χ4n) is 3.47. The van der Waals surface area contributed by atoms with E-state index in [1.807, 2.05) is 12.4 Å². The third-order valence-electron chi connectivity index (χ3n) is 4.87. The lowest BCUT2D eigenvalue weighted by Crippen LogP contribution is -2.41. The maximum atomic E-state index is 11.9. The highest BCUT2D eigenvalue weighted by Crippen LogP contribution is 2.24. The van der Waals surface area contributed by atoms with Crippen LogP contribution in [0.1, 0.15) is 32.1 Å². The van der Waals surface area contributed by atoms with Gasteiger partial charge in [0.15, 0.2) is 0 Å². The number of piperidine rings is 1. The molecule has 1 atom stereocenters. The number of carbonyl (C=O) groups excluding carboxylic acids is 1. The quantitative estimate of drug-likeness (QED) is 0.866. The maximum absolute atomic E-state index is 11.9. The molecule has 120 valence electrons. The molecule has 3 rings (SSSR count). The zero-order valence-corrected chi connectivity index (χ0v) is 13.1. The van der Waals surface area contributed by atoms with Gasteiger partial charge in [0.25, 0.3) is 0 Å². The zero-order chi connectivity index (χ0) is 15.2. The van der Waals surface area contributed by atoms with Crippen LogP contribution in [0.25, 0.3) is 0 Å². The van der Waals surface area contributed by atoms with E-state index in [-0.39, 0.29) is 11.9 Å². The predicted octanol–water partition coefficient (Wildman–Crippen LogP) is 1.56. The third kappa shape index (κ3) is 3.97. The summed E-state index contributed by atoms with van der Waals surface area (Å²) in [5.74, 6) is 0.918. The molecular formula is C17H26N4O. The first-order valence-corrected chi connectivity index (χ1v) is 8.49. The van der Waals surface area contributed by atoms with Crippen molar-refractivity contribution in [2.45, 2.75) is 38.1 Å². The summed E-state index contributed by atoms with van der Waals surface area (Å²) in [6.45, 7) is 4.00. The van der Waals surface area contributed by atoms with Gasteiger partial charge in [-0.05, 0) is 56.7 Å². The van der Waals surface area contributed by atoms with Crippen molar-refractivity contribution >= 4 is 11.6 Å². The standard InChI is InChI=1S/C17H26N4O/c22-17(16-2-1-8-19-16)20-11-3-14-6-12-21(13-7-14)15-4-9-18-10-5-15/h4-5,9-10,14,16,19H,1-3,6-8,11-13H2,(H,20,22)/t16-/m1/s1. The second-order valence-corrected chi connectivity index (χ2v) is 6.36. The molecule has 2 aliphatic rings. The molecule has 0 saturated carbocycles. The summed E-state index contributed by atoms with van der Waals surface area (Å²) in [6.07, 6.45) is 9.33. The molecule has 5 heteroatoms. The van der Waals surface area contributed by atoms with E-state index in [0.717, 1.165) is 51.4 Å². The van der Waals surface area contributed by atoms with Crippen LogP contribution < -0.4 is 15.5 Å². The summed E-state index contributed by atoms with van der Waals surface area (Å²) in [4.78, 5) is 18.4. The Kier molecular flexibility index (Phi) is 5.27. The Labute approximate surface area is 132 Å². The fraction of sp³-hybridized carbons (Fsp3) is 0.647. The molecule has 3 heterocycles. The van der Waals surface area contributed by atoms with Gasteiger partial charge in [0.2, 0.25) is 5.91 Å². The predicted molar refractivity (Wildman–Crippen MR) is 87.8 cm³/mol. The van der Waals surface area contributed by atoms with E-state index in [0.29, 0.717) is 0 Å². The highest BCUT2D eigenvalue weighted by atomic mass is 16.2. The van der Waals surface area contributed by atoms with Crippen LogP contribution >= 0.6 is 0 Å². The lowest BCUT2D eigenvalue weighted by atomic mass is 9.93. The molecule has 0 unspecified atom stereocenters. The Morgan fingerprint density at radius 2 is 2.05 bits per heavy atom. The van der Waals surface area contributed by atoms with Crippen LogP contribution in [0.2, 0.25) is 0 Å². The molecule has 1 amide bonds. The van der Waals surface area contributed by atoms with Crippen molar-refractivity contribution in [2.75, 3.05) is 31.1 Å². The number of rotatable bonds is 5. The SMILES string of the molecule is O=C(NCCC1CCN(c2ccncc2)CC1)[C@H]1CCCN1. The molecule has 0 spiro atoms. The van der Waals surface area contributed by atoms with E-state index in [2.05, 4.69) is 32.7 Å². The lowest BCUT2D eigenvalue weighted by Gasteiger charge is -2.33. The summed E-state index contributed by atoms with van der Waals surface area (Å²) in [6, 6.07) is 4.21. The average Bonchev–Trinajstić information content (AvgIpc) is 3.11. The van der Waals surface area contributed by atoms with Crippen LogP contribution in [0, 0.1) is 5.92 Å². The van der Waals surface area contributed by atoms with E-state index >= 15 is 0 Å². The molecule has 5 nitrogen and oxygen atoms in total. The highest BCUT2D eigenvalue weighted by Gasteiger charge is 2.23. The van der Waals surface area contributed by atoms with E-state index in [1.165, 1.54) is 18.5 Å². The van der Waals surface area contributed by atoms with Gasteiger partial charge in [-0.15, -0.1) is 0 Å². The number of pyridine rings is 1. The Hall–Kier alpha value is -1.62. The van der Waals surface area contributed by atoms with Gasteiger partial charge in [-0.25, -0.2) is 0 Å². The van der Waals surface area contributed by atoms with Crippen LogP contribution in [0.3, 0.4) is 0 Å². The number of aromatic nitrogens is 1. The molecule has 1 aromatic rings. The van der Waals surface area contributed by atoms with Crippen molar-refractivity contribution in [2.24, 2.45) is 5.92 Å². The van der Waals surface area contributed by atoms with Gasteiger partial charge in [-0.3, -0.25) is 9.78 Å². The molecule has 0 bridgehead atoms. The fourth-order valence-corrected chi connectivity index (χ4v) is 3.47. The van der Waals surface area contributed by atoms with E-state index in [9.17, 15) is 4.79 Å². The molecular weight excluding hydrogens is 276 g/mol. The molecule has 2 aliphatic heterocycles. The largest absolute Gasteiger partial charge is 0.371 e. The van der Waals surface area contributed by atoms with E-state index in [1.54, 1.807) is 0 Å². The van der Waals surface area contributed by atoms with Crippen LogP contribution in [-0.2, 0) is 4.79 Å². The second-order valence-electron chi connectivity index (χ2n) is 6.36. The molecule has 2 fully saturated rings. The van der Waals surface area contributed by atoms with Crippen molar-refractivity contribution in [3.8, 4) is 0 Å². The molecule has 0 aromatic carbocycles. The van der Waals surface area contributed by atoms with Gasteiger partial charge in [0.05, 0.1) is 6.04 Å². The number of hydrogen-bond donors (Lipinski definition) is 2. The molecule has 0 radical (unpaired) electrons. The Bertz CT molecular complexity index is 465. The van der Waals surface area contributed by atoms with Crippen molar-refractivity contribution in [3.63, 3.8) is 0 Å².